The standard InChI is InChI=1S/C24H37ClN4O4S/c1-4-11-34-24(31)29-9-5-16(6-10-29)14-28-8-7-20(22(15-28)33-3)27-23(30)17-12-18(25)19(26)13-21(17)32-2/h12-13,16,20,22H,4-11,14-15,26H2,1-3H3,(H,27,30)/t20-,22+/m0/s1. The number of hydrogen-bond acceptors (Lipinski definition) is 7. The van der Waals surface area contributed by atoms with Crippen LogP contribution in [0.25, 0.3) is 0 Å². The number of piperidine rings is 2. The molecule has 2 saturated heterocycles. The Balaban J connectivity index is 1.50. The van der Waals surface area contributed by atoms with Crippen molar-refractivity contribution in [3.8, 4) is 5.75 Å². The van der Waals surface area contributed by atoms with Crippen LogP contribution in [-0.2, 0) is 4.74 Å². The van der Waals surface area contributed by atoms with E-state index in [0.29, 0.717) is 27.9 Å². The number of carbonyl (C=O) groups excluding carboxylic acids is 2. The van der Waals surface area contributed by atoms with E-state index in [1.807, 2.05) is 4.90 Å². The Morgan fingerprint density at radius 1 is 1.21 bits per heavy atom. The van der Waals surface area contributed by atoms with Crippen molar-refractivity contribution in [1.82, 2.24) is 15.1 Å². The van der Waals surface area contributed by atoms with Crippen LogP contribution in [0.1, 0.15) is 43.0 Å². The van der Waals surface area contributed by atoms with Crippen molar-refractivity contribution in [1.29, 1.82) is 0 Å². The number of likely N-dealkylation sites (tertiary alicyclic amines) is 2. The highest BCUT2D eigenvalue weighted by Gasteiger charge is 2.33. The van der Waals surface area contributed by atoms with E-state index < -0.39 is 0 Å². The van der Waals surface area contributed by atoms with Gasteiger partial charge in [0.2, 0.25) is 0 Å². The van der Waals surface area contributed by atoms with Gasteiger partial charge in [-0.2, -0.15) is 0 Å². The topological polar surface area (TPSA) is 97.1 Å². The van der Waals surface area contributed by atoms with Crippen molar-refractivity contribution >= 4 is 40.2 Å². The average molecular weight is 513 g/mol. The number of rotatable bonds is 8. The van der Waals surface area contributed by atoms with E-state index in [0.717, 1.165) is 64.2 Å². The number of ether oxygens (including phenoxy) is 2. The second-order valence-corrected chi connectivity index (χ2v) is 10.5. The van der Waals surface area contributed by atoms with Gasteiger partial charge in [0.25, 0.3) is 11.1 Å². The smallest absolute Gasteiger partial charge is 0.281 e. The summed E-state index contributed by atoms with van der Waals surface area (Å²) >= 11 is 7.57. The molecule has 0 bridgehead atoms. The summed E-state index contributed by atoms with van der Waals surface area (Å²) in [5.41, 5.74) is 6.56. The minimum atomic E-state index is -0.253. The maximum Gasteiger partial charge on any atom is 0.281 e. The Kier molecular flexibility index (Phi) is 10.2. The number of carbonyl (C=O) groups is 2. The first kappa shape index (κ1) is 26.9. The van der Waals surface area contributed by atoms with Gasteiger partial charge in [-0.1, -0.05) is 30.3 Å². The molecule has 2 fully saturated rings. The molecule has 1 aromatic carbocycles. The number of nitrogens with one attached hydrogen (secondary N) is 1. The first-order valence-corrected chi connectivity index (χ1v) is 13.3. The third kappa shape index (κ3) is 6.93. The molecule has 2 atom stereocenters. The molecule has 190 valence electrons. The maximum absolute atomic E-state index is 13.0. The first-order valence-electron chi connectivity index (χ1n) is 12.0. The molecule has 3 N–H and O–H groups in total. The highest BCUT2D eigenvalue weighted by atomic mass is 35.5. The summed E-state index contributed by atoms with van der Waals surface area (Å²) in [5, 5.41) is 3.64. The first-order chi connectivity index (χ1) is 16.4. The lowest BCUT2D eigenvalue weighted by atomic mass is 9.94. The number of benzene rings is 1. The number of thioether (sulfide) groups is 1. The van der Waals surface area contributed by atoms with E-state index in [2.05, 4.69) is 17.1 Å². The molecule has 34 heavy (non-hydrogen) atoms. The number of amides is 2. The highest BCUT2D eigenvalue weighted by molar-refractivity contribution is 8.13. The second kappa shape index (κ2) is 12.9. The van der Waals surface area contributed by atoms with Crippen LogP contribution >= 0.6 is 23.4 Å². The van der Waals surface area contributed by atoms with Crippen LogP contribution in [0.4, 0.5) is 10.5 Å². The Bertz CT molecular complexity index is 851. The van der Waals surface area contributed by atoms with Crippen LogP contribution in [0.2, 0.25) is 5.02 Å². The Morgan fingerprint density at radius 3 is 2.59 bits per heavy atom. The van der Waals surface area contributed by atoms with Crippen LogP contribution in [0, 0.1) is 5.92 Å². The van der Waals surface area contributed by atoms with E-state index in [-0.39, 0.29) is 23.3 Å². The van der Waals surface area contributed by atoms with E-state index >= 15 is 0 Å². The zero-order chi connectivity index (χ0) is 24.7. The fraction of sp³-hybridized carbons (Fsp3) is 0.667. The van der Waals surface area contributed by atoms with Gasteiger partial charge in [-0.15, -0.1) is 0 Å². The monoisotopic (exact) mass is 512 g/mol. The van der Waals surface area contributed by atoms with E-state index in [1.165, 1.54) is 18.9 Å². The quantitative estimate of drug-likeness (QED) is 0.512. The molecule has 1 aromatic rings. The van der Waals surface area contributed by atoms with E-state index in [9.17, 15) is 9.59 Å². The van der Waals surface area contributed by atoms with Gasteiger partial charge in [0.15, 0.2) is 0 Å². The van der Waals surface area contributed by atoms with Crippen molar-refractivity contribution < 1.29 is 19.1 Å². The Hall–Kier alpha value is -1.68. The fourth-order valence-corrected chi connectivity index (χ4v) is 5.56. The second-order valence-electron chi connectivity index (χ2n) is 9.02. The van der Waals surface area contributed by atoms with Crippen LogP contribution in [0.5, 0.6) is 5.75 Å². The van der Waals surface area contributed by atoms with E-state index in [4.69, 9.17) is 26.8 Å². The SMILES string of the molecule is CCCSC(=O)N1CCC(CN2CC[C@H](NC(=O)c3cc(Cl)c(N)cc3OC)[C@H](OC)C2)CC1. The number of methoxy groups -OCH3 is 2. The third-order valence-corrected chi connectivity index (χ3v) is 8.09. The van der Waals surface area contributed by atoms with Gasteiger partial charge in [0.05, 0.1) is 35.5 Å². The maximum atomic E-state index is 13.0. The highest BCUT2D eigenvalue weighted by Crippen LogP contribution is 2.29. The fourth-order valence-electron chi connectivity index (χ4n) is 4.66. The van der Waals surface area contributed by atoms with Crippen molar-refractivity contribution in [3.05, 3.63) is 22.7 Å². The minimum Gasteiger partial charge on any atom is -0.496 e. The van der Waals surface area contributed by atoms with Gasteiger partial charge < -0.3 is 30.3 Å². The predicted octanol–water partition coefficient (Wildman–Crippen LogP) is 3.73. The number of hydrogen-bond donors (Lipinski definition) is 2. The lowest BCUT2D eigenvalue weighted by molar-refractivity contribution is -0.000473. The molecule has 10 heteroatoms. The van der Waals surface area contributed by atoms with Gasteiger partial charge in [-0.3, -0.25) is 9.59 Å². The van der Waals surface area contributed by atoms with Crippen LogP contribution in [0.3, 0.4) is 0 Å². The summed E-state index contributed by atoms with van der Waals surface area (Å²) in [5.74, 6) is 1.60. The van der Waals surface area contributed by atoms with Crippen LogP contribution in [-0.4, -0.2) is 85.8 Å². The average Bonchev–Trinajstić information content (AvgIpc) is 2.85. The van der Waals surface area contributed by atoms with Gasteiger partial charge in [-0.25, -0.2) is 0 Å². The summed E-state index contributed by atoms with van der Waals surface area (Å²) in [7, 11) is 3.19. The molecule has 2 aliphatic heterocycles. The van der Waals surface area contributed by atoms with Crippen molar-refractivity contribution in [2.75, 3.05) is 58.4 Å². The predicted molar refractivity (Wildman–Crippen MR) is 138 cm³/mol. The summed E-state index contributed by atoms with van der Waals surface area (Å²) < 4.78 is 11.1. The molecule has 0 spiro atoms. The number of nitrogens with two attached hydrogens (primary N) is 1. The lowest BCUT2D eigenvalue weighted by Gasteiger charge is -2.41. The van der Waals surface area contributed by atoms with Crippen molar-refractivity contribution in [3.63, 3.8) is 0 Å². The zero-order valence-electron chi connectivity index (χ0n) is 20.3. The van der Waals surface area contributed by atoms with Gasteiger partial charge in [0, 0.05) is 51.7 Å². The lowest BCUT2D eigenvalue weighted by Crippen LogP contribution is -2.55. The molecule has 2 amide bonds. The molecule has 3 rings (SSSR count). The van der Waals surface area contributed by atoms with Crippen molar-refractivity contribution in [2.45, 2.75) is 44.8 Å². The number of halogens is 1. The van der Waals surface area contributed by atoms with Gasteiger partial charge in [-0.05, 0) is 37.7 Å². The molecule has 0 aromatic heterocycles. The molecule has 8 nitrogen and oxygen atoms in total. The van der Waals surface area contributed by atoms with Gasteiger partial charge in [0.1, 0.15) is 5.75 Å². The molecule has 0 aliphatic carbocycles. The summed E-state index contributed by atoms with van der Waals surface area (Å²) in [6, 6.07) is 3.00. The summed E-state index contributed by atoms with van der Waals surface area (Å²) in [6.07, 6.45) is 3.76. The molecular weight excluding hydrogens is 476 g/mol. The molecule has 0 unspecified atom stereocenters. The van der Waals surface area contributed by atoms with E-state index in [1.54, 1.807) is 19.2 Å². The zero-order valence-corrected chi connectivity index (χ0v) is 21.9. The number of nitrogen functional groups attached to an aromatic ring is 1. The molecule has 0 saturated carbocycles. The molecule has 2 heterocycles. The number of nitrogens with zero attached hydrogens (tertiary/aromatic N) is 2. The minimum absolute atomic E-state index is 0.107. The van der Waals surface area contributed by atoms with Gasteiger partial charge >= 0.3 is 0 Å². The molecule has 0 radical (unpaired) electrons. The summed E-state index contributed by atoms with van der Waals surface area (Å²) in [6.45, 7) is 6.41. The van der Waals surface area contributed by atoms with Crippen LogP contribution < -0.4 is 15.8 Å². The number of anilines is 1. The Morgan fingerprint density at radius 2 is 1.94 bits per heavy atom. The largest absolute Gasteiger partial charge is 0.496 e. The molecule has 2 aliphatic rings. The Labute approximate surface area is 211 Å². The molecular formula is C24H37ClN4O4S. The van der Waals surface area contributed by atoms with Crippen molar-refractivity contribution in [2.24, 2.45) is 5.92 Å². The third-order valence-electron chi connectivity index (χ3n) is 6.64. The normalized spacial score (nSPS) is 21.9. The van der Waals surface area contributed by atoms with Crippen LogP contribution in [0.15, 0.2) is 12.1 Å². The summed E-state index contributed by atoms with van der Waals surface area (Å²) in [4.78, 5) is 29.6.